The van der Waals surface area contributed by atoms with Gasteiger partial charge in [-0.1, -0.05) is 46.3 Å². The van der Waals surface area contributed by atoms with Gasteiger partial charge in [-0.15, -0.1) is 0 Å². The number of fused-ring (bicyclic) bond motifs is 1. The van der Waals surface area contributed by atoms with Crippen molar-refractivity contribution in [1.29, 1.82) is 0 Å². The SMILES string of the molecule is NCC(=CBr)COc1ccc2ccccc2c1. The van der Waals surface area contributed by atoms with Gasteiger partial charge >= 0.3 is 0 Å². The van der Waals surface area contributed by atoms with Crippen molar-refractivity contribution in [1.82, 2.24) is 0 Å². The smallest absolute Gasteiger partial charge is 0.120 e. The van der Waals surface area contributed by atoms with Crippen molar-refractivity contribution in [2.24, 2.45) is 5.73 Å². The second kappa shape index (κ2) is 5.84. The lowest BCUT2D eigenvalue weighted by atomic mass is 10.1. The van der Waals surface area contributed by atoms with E-state index in [2.05, 4.69) is 34.1 Å². The first-order valence-electron chi connectivity index (χ1n) is 5.43. The van der Waals surface area contributed by atoms with Gasteiger partial charge in [0.1, 0.15) is 12.4 Å². The minimum atomic E-state index is 0.499. The third kappa shape index (κ3) is 3.08. The Kier molecular flexibility index (Phi) is 4.18. The van der Waals surface area contributed by atoms with Crippen molar-refractivity contribution in [3.63, 3.8) is 0 Å². The molecule has 0 spiro atoms. The fourth-order valence-electron chi connectivity index (χ4n) is 1.57. The van der Waals surface area contributed by atoms with Crippen LogP contribution < -0.4 is 10.5 Å². The van der Waals surface area contributed by atoms with Gasteiger partial charge in [0.25, 0.3) is 0 Å². The highest BCUT2D eigenvalue weighted by Gasteiger charge is 1.99. The first-order chi connectivity index (χ1) is 8.33. The quantitative estimate of drug-likeness (QED) is 0.936. The summed E-state index contributed by atoms with van der Waals surface area (Å²) in [5.74, 6) is 0.865. The lowest BCUT2D eigenvalue weighted by Gasteiger charge is -2.08. The Labute approximate surface area is 109 Å². The predicted molar refractivity (Wildman–Crippen MR) is 75.5 cm³/mol. The molecular weight excluding hydrogens is 278 g/mol. The van der Waals surface area contributed by atoms with Gasteiger partial charge in [0, 0.05) is 6.54 Å². The topological polar surface area (TPSA) is 35.2 Å². The van der Waals surface area contributed by atoms with Crippen molar-refractivity contribution in [3.05, 3.63) is 53.0 Å². The lowest BCUT2D eigenvalue weighted by molar-refractivity contribution is 0.351. The molecule has 2 aromatic rings. The standard InChI is InChI=1S/C14H14BrNO/c15-8-11(9-16)10-17-14-6-5-12-3-1-2-4-13(12)7-14/h1-8H,9-10,16H2. The van der Waals surface area contributed by atoms with Gasteiger partial charge in [0.2, 0.25) is 0 Å². The lowest BCUT2D eigenvalue weighted by Crippen LogP contribution is -2.10. The number of benzene rings is 2. The zero-order chi connectivity index (χ0) is 12.1. The molecule has 0 aromatic heterocycles. The number of nitrogens with two attached hydrogens (primary N) is 1. The van der Waals surface area contributed by atoms with Crippen LogP contribution >= 0.6 is 15.9 Å². The second-order valence-electron chi connectivity index (χ2n) is 3.77. The van der Waals surface area contributed by atoms with E-state index in [1.54, 1.807) is 0 Å². The minimum Gasteiger partial charge on any atom is -0.489 e. The van der Waals surface area contributed by atoms with Gasteiger partial charge in [-0.2, -0.15) is 0 Å². The summed E-state index contributed by atoms with van der Waals surface area (Å²) in [4.78, 5) is 1.81. The molecule has 0 aliphatic heterocycles. The fourth-order valence-corrected chi connectivity index (χ4v) is 1.89. The van der Waals surface area contributed by atoms with Crippen LogP contribution in [-0.4, -0.2) is 13.2 Å². The van der Waals surface area contributed by atoms with E-state index in [0.29, 0.717) is 13.2 Å². The van der Waals surface area contributed by atoms with E-state index in [1.807, 2.05) is 29.3 Å². The number of halogens is 1. The first-order valence-corrected chi connectivity index (χ1v) is 6.35. The minimum absolute atomic E-state index is 0.499. The van der Waals surface area contributed by atoms with Crippen LogP contribution in [0.25, 0.3) is 10.8 Å². The Morgan fingerprint density at radius 1 is 1.18 bits per heavy atom. The largest absolute Gasteiger partial charge is 0.489 e. The maximum atomic E-state index is 5.68. The van der Waals surface area contributed by atoms with Crippen molar-refractivity contribution >= 4 is 26.7 Å². The molecule has 88 valence electrons. The van der Waals surface area contributed by atoms with Crippen LogP contribution in [0, 0.1) is 0 Å². The maximum Gasteiger partial charge on any atom is 0.120 e. The van der Waals surface area contributed by atoms with Crippen LogP contribution in [0.5, 0.6) is 5.75 Å². The zero-order valence-electron chi connectivity index (χ0n) is 9.40. The van der Waals surface area contributed by atoms with E-state index >= 15 is 0 Å². The van der Waals surface area contributed by atoms with Gasteiger partial charge in [-0.25, -0.2) is 0 Å². The van der Waals surface area contributed by atoms with Crippen LogP contribution in [0.3, 0.4) is 0 Å². The molecule has 0 heterocycles. The molecule has 2 rings (SSSR count). The molecule has 0 aliphatic carbocycles. The number of ether oxygens (including phenoxy) is 1. The summed E-state index contributed by atoms with van der Waals surface area (Å²) >= 11 is 3.27. The second-order valence-corrected chi connectivity index (χ2v) is 4.23. The van der Waals surface area contributed by atoms with Crippen molar-refractivity contribution < 1.29 is 4.74 Å². The molecule has 0 saturated carbocycles. The van der Waals surface area contributed by atoms with E-state index in [1.165, 1.54) is 10.8 Å². The van der Waals surface area contributed by atoms with Crippen LogP contribution in [0.15, 0.2) is 53.0 Å². The summed E-state index contributed by atoms with van der Waals surface area (Å²) in [5, 5.41) is 2.40. The van der Waals surface area contributed by atoms with Crippen LogP contribution in [0.2, 0.25) is 0 Å². The molecule has 0 atom stereocenters. The summed E-state index contributed by atoms with van der Waals surface area (Å²) in [7, 11) is 0. The van der Waals surface area contributed by atoms with E-state index in [0.717, 1.165) is 11.3 Å². The molecule has 2 nitrogen and oxygen atoms in total. The molecule has 0 aliphatic rings. The van der Waals surface area contributed by atoms with Gasteiger partial charge < -0.3 is 10.5 Å². The Balaban J connectivity index is 2.14. The maximum absolute atomic E-state index is 5.68. The molecule has 2 N–H and O–H groups in total. The molecule has 0 fully saturated rings. The van der Waals surface area contributed by atoms with E-state index in [-0.39, 0.29) is 0 Å². The molecule has 3 heteroatoms. The predicted octanol–water partition coefficient (Wildman–Crippen LogP) is 3.46. The first kappa shape index (κ1) is 12.1. The van der Waals surface area contributed by atoms with Gasteiger partial charge in [0.15, 0.2) is 0 Å². The Morgan fingerprint density at radius 3 is 2.65 bits per heavy atom. The Hall–Kier alpha value is -1.32. The molecular formula is C14H14BrNO. The third-order valence-electron chi connectivity index (χ3n) is 2.56. The van der Waals surface area contributed by atoms with Crippen LogP contribution in [-0.2, 0) is 0 Å². The highest BCUT2D eigenvalue weighted by molar-refractivity contribution is 9.11. The van der Waals surface area contributed by atoms with Gasteiger partial charge in [-0.05, 0) is 33.5 Å². The summed E-state index contributed by atoms with van der Waals surface area (Å²) < 4.78 is 5.68. The number of hydrogen-bond acceptors (Lipinski definition) is 2. The average molecular weight is 292 g/mol. The van der Waals surface area contributed by atoms with E-state index in [9.17, 15) is 0 Å². The normalized spacial score (nSPS) is 11.8. The molecule has 2 aromatic carbocycles. The monoisotopic (exact) mass is 291 g/mol. The van der Waals surface area contributed by atoms with E-state index < -0.39 is 0 Å². The van der Waals surface area contributed by atoms with Gasteiger partial charge in [-0.3, -0.25) is 0 Å². The van der Waals surface area contributed by atoms with E-state index in [4.69, 9.17) is 10.5 Å². The third-order valence-corrected chi connectivity index (χ3v) is 3.21. The molecule has 0 amide bonds. The summed E-state index contributed by atoms with van der Waals surface area (Å²) in [6, 6.07) is 14.3. The van der Waals surface area contributed by atoms with Crippen molar-refractivity contribution in [3.8, 4) is 5.75 Å². The molecule has 0 radical (unpaired) electrons. The summed E-state index contributed by atoms with van der Waals surface area (Å²) in [6.45, 7) is 1.01. The highest BCUT2D eigenvalue weighted by Crippen LogP contribution is 2.20. The van der Waals surface area contributed by atoms with Crippen molar-refractivity contribution in [2.45, 2.75) is 0 Å². The number of hydrogen-bond donors (Lipinski definition) is 1. The zero-order valence-corrected chi connectivity index (χ0v) is 11.0. The number of rotatable bonds is 4. The van der Waals surface area contributed by atoms with Gasteiger partial charge in [0.05, 0.1) is 0 Å². The summed E-state index contributed by atoms with van der Waals surface area (Å²) in [5.41, 5.74) is 6.59. The Bertz CT molecular complexity index is 536. The molecule has 0 unspecified atom stereocenters. The molecule has 17 heavy (non-hydrogen) atoms. The van der Waals surface area contributed by atoms with Crippen molar-refractivity contribution in [2.75, 3.05) is 13.2 Å². The Morgan fingerprint density at radius 2 is 1.94 bits per heavy atom. The molecule has 0 saturated heterocycles. The fraction of sp³-hybridized carbons (Fsp3) is 0.143. The van der Waals surface area contributed by atoms with Crippen LogP contribution in [0.4, 0.5) is 0 Å². The average Bonchev–Trinajstić information content (AvgIpc) is 2.40. The summed E-state index contributed by atoms with van der Waals surface area (Å²) in [6.07, 6.45) is 0. The highest BCUT2D eigenvalue weighted by atomic mass is 79.9. The van der Waals surface area contributed by atoms with Crippen LogP contribution in [0.1, 0.15) is 0 Å². The molecule has 0 bridgehead atoms.